The number of thioether (sulfide) groups is 1. The Morgan fingerprint density at radius 3 is 2.48 bits per heavy atom. The highest BCUT2D eigenvalue weighted by Gasteiger charge is 2.64. The van der Waals surface area contributed by atoms with E-state index >= 15 is 0 Å². The molecular formula is C16H22N4O4S. The van der Waals surface area contributed by atoms with E-state index in [-0.39, 0.29) is 17.4 Å². The quantitative estimate of drug-likeness (QED) is 0.566. The number of carbonyl (C=O) groups excluding carboxylic acids is 2. The van der Waals surface area contributed by atoms with Crippen LogP contribution in [0.15, 0.2) is 30.3 Å². The minimum Gasteiger partial charge on any atom is -0.480 e. The number of fused-ring (bicyclic) bond motifs is 1. The molecule has 1 aromatic carbocycles. The zero-order valence-electron chi connectivity index (χ0n) is 14.0. The van der Waals surface area contributed by atoms with E-state index in [0.29, 0.717) is 5.56 Å². The van der Waals surface area contributed by atoms with Crippen LogP contribution >= 0.6 is 11.8 Å². The Bertz CT molecular complexity index is 697. The Balaban J connectivity index is 0.00000225. The van der Waals surface area contributed by atoms with Crippen LogP contribution in [-0.4, -0.2) is 50.0 Å². The lowest BCUT2D eigenvalue weighted by molar-refractivity contribution is -0.161. The average Bonchev–Trinajstić information content (AvgIpc) is 2.80. The van der Waals surface area contributed by atoms with Crippen molar-refractivity contribution in [2.45, 2.75) is 42.1 Å². The Morgan fingerprint density at radius 1 is 1.32 bits per heavy atom. The second-order valence-corrected chi connectivity index (χ2v) is 8.24. The molecule has 7 N–H and O–H groups in total. The number of benzene rings is 1. The first-order valence-electron chi connectivity index (χ1n) is 7.58. The highest BCUT2D eigenvalue weighted by molar-refractivity contribution is 8.01. The van der Waals surface area contributed by atoms with Crippen LogP contribution in [0.1, 0.15) is 25.5 Å². The van der Waals surface area contributed by atoms with Gasteiger partial charge in [0.15, 0.2) is 0 Å². The van der Waals surface area contributed by atoms with Gasteiger partial charge in [-0.2, -0.15) is 0 Å². The van der Waals surface area contributed by atoms with Gasteiger partial charge in [0.2, 0.25) is 11.8 Å². The van der Waals surface area contributed by atoms with Crippen LogP contribution in [0.5, 0.6) is 0 Å². The number of aliphatic carboxylic acids is 1. The molecule has 1 unspecified atom stereocenters. The molecule has 3 rings (SSSR count). The Hall–Kier alpha value is -2.10. The third-order valence-corrected chi connectivity index (χ3v) is 5.99. The standard InChI is InChI=1S/C16H19N3O4S.H3N/c1-16(2)11(15(22)23)19-13(21)10(14(19)24-16)18-12(20)9(17)8-6-4-3-5-7-8;/h3-7,9-11,14H,17H2,1-2H3,(H,18,20)(H,22,23);1H3/t9?,10-,11+,14-;/m1./s1. The van der Waals surface area contributed by atoms with Crippen molar-refractivity contribution in [2.24, 2.45) is 5.73 Å². The Morgan fingerprint density at radius 2 is 1.92 bits per heavy atom. The largest absolute Gasteiger partial charge is 0.480 e. The summed E-state index contributed by atoms with van der Waals surface area (Å²) in [5.74, 6) is -1.86. The molecule has 9 heteroatoms. The van der Waals surface area contributed by atoms with E-state index in [2.05, 4.69) is 5.32 Å². The topological polar surface area (TPSA) is 148 Å². The molecule has 2 saturated heterocycles. The molecule has 25 heavy (non-hydrogen) atoms. The summed E-state index contributed by atoms with van der Waals surface area (Å²) in [6, 6.07) is 6.38. The van der Waals surface area contributed by atoms with Gasteiger partial charge in [-0.05, 0) is 19.4 Å². The smallest absolute Gasteiger partial charge is 0.327 e. The van der Waals surface area contributed by atoms with Crippen molar-refractivity contribution in [2.75, 3.05) is 0 Å². The molecule has 2 heterocycles. The van der Waals surface area contributed by atoms with E-state index in [1.54, 1.807) is 38.1 Å². The minimum absolute atomic E-state index is 0. The number of nitrogens with zero attached hydrogens (tertiary/aromatic N) is 1. The average molecular weight is 366 g/mol. The summed E-state index contributed by atoms with van der Waals surface area (Å²) in [7, 11) is 0. The number of carbonyl (C=O) groups is 3. The van der Waals surface area contributed by atoms with Gasteiger partial charge in [-0.15, -0.1) is 11.8 Å². The summed E-state index contributed by atoms with van der Waals surface area (Å²) in [6.45, 7) is 3.58. The van der Waals surface area contributed by atoms with E-state index in [1.165, 1.54) is 16.7 Å². The first-order valence-corrected chi connectivity index (χ1v) is 8.45. The van der Waals surface area contributed by atoms with E-state index < -0.39 is 34.7 Å². The molecule has 2 amide bonds. The van der Waals surface area contributed by atoms with Gasteiger partial charge in [0.25, 0.3) is 0 Å². The maximum absolute atomic E-state index is 12.3. The fourth-order valence-corrected chi connectivity index (χ4v) is 4.83. The minimum atomic E-state index is -1.03. The number of β-lactam (4-membered cyclic amide) rings is 1. The molecule has 0 aromatic heterocycles. The number of amides is 2. The van der Waals surface area contributed by atoms with Crippen LogP contribution < -0.4 is 17.2 Å². The number of hydrogen-bond acceptors (Lipinski definition) is 6. The third-order valence-electron chi connectivity index (χ3n) is 4.41. The summed E-state index contributed by atoms with van der Waals surface area (Å²) in [5.41, 5.74) is 6.59. The van der Waals surface area contributed by atoms with Gasteiger partial charge < -0.3 is 27.2 Å². The first-order chi connectivity index (χ1) is 11.2. The molecule has 136 valence electrons. The number of carboxylic acid groups (broad SMARTS) is 1. The predicted octanol–water partition coefficient (Wildman–Crippen LogP) is 0.480. The van der Waals surface area contributed by atoms with Crippen molar-refractivity contribution < 1.29 is 19.5 Å². The van der Waals surface area contributed by atoms with Crippen molar-refractivity contribution in [3.63, 3.8) is 0 Å². The lowest BCUT2D eigenvalue weighted by atomic mass is 9.95. The van der Waals surface area contributed by atoms with E-state index in [1.807, 2.05) is 6.07 Å². The van der Waals surface area contributed by atoms with Crippen molar-refractivity contribution in [1.82, 2.24) is 16.4 Å². The summed E-state index contributed by atoms with van der Waals surface area (Å²) < 4.78 is -0.618. The molecule has 2 aliphatic heterocycles. The van der Waals surface area contributed by atoms with Crippen molar-refractivity contribution >= 4 is 29.5 Å². The summed E-state index contributed by atoms with van der Waals surface area (Å²) in [5, 5.41) is 11.7. The molecule has 0 saturated carbocycles. The third kappa shape index (κ3) is 3.10. The maximum Gasteiger partial charge on any atom is 0.327 e. The van der Waals surface area contributed by atoms with Crippen LogP contribution in [0.4, 0.5) is 0 Å². The number of nitrogens with two attached hydrogens (primary N) is 1. The number of rotatable bonds is 4. The van der Waals surface area contributed by atoms with Gasteiger partial charge in [0.05, 0.1) is 0 Å². The van der Waals surface area contributed by atoms with Crippen LogP contribution in [0.2, 0.25) is 0 Å². The molecule has 0 bridgehead atoms. The summed E-state index contributed by atoms with van der Waals surface area (Å²) >= 11 is 1.38. The van der Waals surface area contributed by atoms with Gasteiger partial charge in [-0.1, -0.05) is 30.3 Å². The monoisotopic (exact) mass is 366 g/mol. The molecule has 0 spiro atoms. The van der Waals surface area contributed by atoms with Gasteiger partial charge in [0.1, 0.15) is 23.5 Å². The second kappa shape index (κ2) is 6.66. The fourth-order valence-electron chi connectivity index (χ4n) is 3.20. The number of hydrogen-bond donors (Lipinski definition) is 4. The molecule has 1 aromatic rings. The van der Waals surface area contributed by atoms with Gasteiger partial charge in [0, 0.05) is 4.75 Å². The molecule has 0 aliphatic carbocycles. The maximum atomic E-state index is 12.3. The summed E-state index contributed by atoms with van der Waals surface area (Å²) in [4.78, 5) is 37.5. The van der Waals surface area contributed by atoms with Crippen LogP contribution in [0, 0.1) is 0 Å². The van der Waals surface area contributed by atoms with Crippen molar-refractivity contribution in [1.29, 1.82) is 0 Å². The van der Waals surface area contributed by atoms with Crippen LogP contribution in [0.3, 0.4) is 0 Å². The van der Waals surface area contributed by atoms with Gasteiger partial charge >= 0.3 is 5.97 Å². The second-order valence-electron chi connectivity index (χ2n) is 6.47. The summed E-state index contributed by atoms with van der Waals surface area (Å²) in [6.07, 6.45) is 0. The number of nitrogens with one attached hydrogen (secondary N) is 1. The van der Waals surface area contributed by atoms with Crippen LogP contribution in [0.25, 0.3) is 0 Å². The van der Waals surface area contributed by atoms with Gasteiger partial charge in [-0.25, -0.2) is 4.79 Å². The lowest BCUT2D eigenvalue weighted by Crippen LogP contribution is -2.71. The van der Waals surface area contributed by atoms with E-state index in [4.69, 9.17) is 5.73 Å². The Kier molecular flexibility index (Phi) is 5.12. The number of carboxylic acids is 1. The van der Waals surface area contributed by atoms with E-state index in [0.717, 1.165) is 0 Å². The molecule has 4 atom stereocenters. The van der Waals surface area contributed by atoms with Crippen molar-refractivity contribution in [3.05, 3.63) is 35.9 Å². The normalized spacial score (nSPS) is 27.6. The lowest BCUT2D eigenvalue weighted by Gasteiger charge is -2.43. The highest BCUT2D eigenvalue weighted by atomic mass is 32.2. The molecular weight excluding hydrogens is 344 g/mol. The zero-order chi connectivity index (χ0) is 17.6. The molecule has 8 nitrogen and oxygen atoms in total. The molecule has 0 radical (unpaired) electrons. The predicted molar refractivity (Wildman–Crippen MR) is 94.1 cm³/mol. The van der Waals surface area contributed by atoms with Crippen molar-refractivity contribution in [3.8, 4) is 0 Å². The Labute approximate surface area is 149 Å². The first kappa shape index (κ1) is 19.2. The molecule has 2 fully saturated rings. The van der Waals surface area contributed by atoms with Gasteiger partial charge in [-0.3, -0.25) is 9.59 Å². The zero-order valence-corrected chi connectivity index (χ0v) is 14.8. The highest BCUT2D eigenvalue weighted by Crippen LogP contribution is 2.50. The van der Waals surface area contributed by atoms with E-state index in [9.17, 15) is 19.5 Å². The molecule has 2 aliphatic rings. The fraction of sp³-hybridized carbons (Fsp3) is 0.438. The SMILES string of the molecule is CC1(C)S[C@@H]2[C@H](NC(=O)C(N)c3ccccc3)C(=O)N2[C@H]1C(=O)O.N. The van der Waals surface area contributed by atoms with Crippen LogP contribution in [-0.2, 0) is 14.4 Å².